The van der Waals surface area contributed by atoms with Crippen molar-refractivity contribution in [1.82, 2.24) is 10.0 Å². The predicted octanol–water partition coefficient (Wildman–Crippen LogP) is 0.730. The molecule has 1 aliphatic rings. The van der Waals surface area contributed by atoms with Gasteiger partial charge in [0.25, 0.3) is 0 Å². The molecule has 5 nitrogen and oxygen atoms in total. The number of nitrogens with one attached hydrogen (secondary N) is 2. The van der Waals surface area contributed by atoms with Gasteiger partial charge in [0.05, 0.1) is 17.4 Å². The van der Waals surface area contributed by atoms with Crippen LogP contribution >= 0.6 is 0 Å². The fraction of sp³-hybridized carbons (Fsp3) is 0.462. The summed E-state index contributed by atoms with van der Waals surface area (Å²) in [6, 6.07) is 8.75. The van der Waals surface area contributed by atoms with E-state index in [1.807, 2.05) is 6.07 Å². The van der Waals surface area contributed by atoms with Crippen molar-refractivity contribution in [2.75, 3.05) is 13.1 Å². The maximum Gasteiger partial charge on any atom is 0.216 e. The topological polar surface area (TPSA) is 82.0 Å². The van der Waals surface area contributed by atoms with Gasteiger partial charge in [-0.25, -0.2) is 13.1 Å². The summed E-state index contributed by atoms with van der Waals surface area (Å²) < 4.78 is 26.9. The van der Waals surface area contributed by atoms with Crippen LogP contribution in [0.2, 0.25) is 0 Å². The maximum absolute atomic E-state index is 12.1. The molecule has 0 spiro atoms. The quantitative estimate of drug-likeness (QED) is 0.851. The van der Waals surface area contributed by atoms with Crippen LogP contribution in [0, 0.1) is 11.3 Å². The van der Waals surface area contributed by atoms with E-state index >= 15 is 0 Å². The number of nitrogens with zero attached hydrogens (tertiary/aromatic N) is 1. The molecule has 1 aromatic rings. The number of hydrogen-bond acceptors (Lipinski definition) is 4. The standard InChI is InChI=1S/C13H17N3O2S/c14-8-11-4-1-2-5-12(11)10-19(17,18)16-13-6-3-7-15-9-13/h1-2,4-5,13,15-16H,3,6-7,9-10H2. The van der Waals surface area contributed by atoms with Crippen molar-refractivity contribution in [1.29, 1.82) is 5.26 Å². The van der Waals surface area contributed by atoms with Gasteiger partial charge in [-0.05, 0) is 31.0 Å². The minimum absolute atomic E-state index is 0.0482. The summed E-state index contributed by atoms with van der Waals surface area (Å²) in [4.78, 5) is 0. The molecular weight excluding hydrogens is 262 g/mol. The maximum atomic E-state index is 12.1. The Morgan fingerprint density at radius 1 is 1.42 bits per heavy atom. The van der Waals surface area contributed by atoms with Crippen molar-refractivity contribution in [3.63, 3.8) is 0 Å². The first-order chi connectivity index (χ1) is 9.11. The Kier molecular flexibility index (Phi) is 4.53. The summed E-state index contributed by atoms with van der Waals surface area (Å²) >= 11 is 0. The first-order valence-corrected chi connectivity index (χ1v) is 7.95. The Morgan fingerprint density at radius 2 is 2.21 bits per heavy atom. The number of piperidine rings is 1. The zero-order chi connectivity index (χ0) is 13.7. The number of nitriles is 1. The van der Waals surface area contributed by atoms with Crippen LogP contribution in [-0.4, -0.2) is 27.5 Å². The average Bonchev–Trinajstić information content (AvgIpc) is 2.39. The molecule has 1 fully saturated rings. The van der Waals surface area contributed by atoms with Crippen LogP contribution in [0.4, 0.5) is 0 Å². The molecule has 1 unspecified atom stereocenters. The molecule has 0 saturated carbocycles. The molecule has 0 amide bonds. The third kappa shape index (κ3) is 4.03. The van der Waals surface area contributed by atoms with Crippen molar-refractivity contribution in [3.8, 4) is 6.07 Å². The van der Waals surface area contributed by atoms with E-state index in [0.29, 0.717) is 17.7 Å². The summed E-state index contributed by atoms with van der Waals surface area (Å²) in [5.74, 6) is -0.146. The molecule has 0 radical (unpaired) electrons. The van der Waals surface area contributed by atoms with Gasteiger partial charge in [0.15, 0.2) is 0 Å². The lowest BCUT2D eigenvalue weighted by molar-refractivity contribution is 0.428. The summed E-state index contributed by atoms with van der Waals surface area (Å²) in [6.45, 7) is 1.61. The van der Waals surface area contributed by atoms with Gasteiger partial charge in [0.1, 0.15) is 0 Å². The average molecular weight is 279 g/mol. The smallest absolute Gasteiger partial charge is 0.216 e. The van der Waals surface area contributed by atoms with Crippen LogP contribution in [0.5, 0.6) is 0 Å². The molecule has 1 aliphatic heterocycles. The fourth-order valence-corrected chi connectivity index (χ4v) is 3.66. The summed E-state index contributed by atoms with van der Waals surface area (Å²) in [5.41, 5.74) is 0.955. The van der Waals surface area contributed by atoms with Crippen LogP contribution in [-0.2, 0) is 15.8 Å². The van der Waals surface area contributed by atoms with Crippen molar-refractivity contribution in [3.05, 3.63) is 35.4 Å². The van der Waals surface area contributed by atoms with Gasteiger partial charge < -0.3 is 5.32 Å². The first-order valence-electron chi connectivity index (χ1n) is 6.29. The van der Waals surface area contributed by atoms with Gasteiger partial charge >= 0.3 is 0 Å². The lowest BCUT2D eigenvalue weighted by atomic mass is 10.1. The Balaban J connectivity index is 2.06. The highest BCUT2D eigenvalue weighted by atomic mass is 32.2. The molecule has 6 heteroatoms. The van der Waals surface area contributed by atoms with Crippen LogP contribution < -0.4 is 10.0 Å². The van der Waals surface area contributed by atoms with Gasteiger partial charge in [0.2, 0.25) is 10.0 Å². The summed E-state index contributed by atoms with van der Waals surface area (Å²) in [7, 11) is -3.41. The van der Waals surface area contributed by atoms with Gasteiger partial charge in [-0.1, -0.05) is 18.2 Å². The van der Waals surface area contributed by atoms with E-state index in [9.17, 15) is 8.42 Å². The lowest BCUT2D eigenvalue weighted by Crippen LogP contribution is -2.45. The number of hydrogen-bond donors (Lipinski definition) is 2. The van der Waals surface area contributed by atoms with Gasteiger partial charge in [-0.15, -0.1) is 0 Å². The van der Waals surface area contributed by atoms with E-state index in [2.05, 4.69) is 10.0 Å². The monoisotopic (exact) mass is 279 g/mol. The molecule has 2 N–H and O–H groups in total. The van der Waals surface area contributed by atoms with Crippen LogP contribution in [0.3, 0.4) is 0 Å². The Hall–Kier alpha value is -1.42. The predicted molar refractivity (Wildman–Crippen MR) is 72.8 cm³/mol. The highest BCUT2D eigenvalue weighted by Crippen LogP contribution is 2.12. The molecule has 0 aromatic heterocycles. The van der Waals surface area contributed by atoms with E-state index in [4.69, 9.17) is 5.26 Å². The molecule has 1 saturated heterocycles. The zero-order valence-corrected chi connectivity index (χ0v) is 11.4. The van der Waals surface area contributed by atoms with Crippen LogP contribution in [0.25, 0.3) is 0 Å². The molecule has 19 heavy (non-hydrogen) atoms. The first kappa shape index (κ1) is 14.0. The fourth-order valence-electron chi connectivity index (χ4n) is 2.21. The van der Waals surface area contributed by atoms with E-state index < -0.39 is 10.0 Å². The molecule has 2 rings (SSSR count). The van der Waals surface area contributed by atoms with Gasteiger partial charge in [-0.3, -0.25) is 0 Å². The van der Waals surface area contributed by atoms with Crippen molar-refractivity contribution in [2.45, 2.75) is 24.6 Å². The molecule has 0 bridgehead atoms. The number of benzene rings is 1. The summed E-state index contributed by atoms with van der Waals surface area (Å²) in [6.07, 6.45) is 1.83. The van der Waals surface area contributed by atoms with E-state index in [1.54, 1.807) is 24.3 Å². The second-order valence-corrected chi connectivity index (χ2v) is 6.44. The molecule has 1 aromatic carbocycles. The third-order valence-corrected chi connectivity index (χ3v) is 4.51. The number of sulfonamides is 1. The minimum Gasteiger partial charge on any atom is -0.315 e. The Labute approximate surface area is 113 Å². The Bertz CT molecular complexity index is 572. The van der Waals surface area contributed by atoms with E-state index in [0.717, 1.165) is 19.4 Å². The molecule has 0 aliphatic carbocycles. The van der Waals surface area contributed by atoms with Gasteiger partial charge in [0, 0.05) is 12.6 Å². The zero-order valence-electron chi connectivity index (χ0n) is 10.6. The molecule has 1 heterocycles. The second-order valence-electron chi connectivity index (χ2n) is 4.69. The minimum atomic E-state index is -3.41. The van der Waals surface area contributed by atoms with Gasteiger partial charge in [-0.2, -0.15) is 5.26 Å². The molecular formula is C13H17N3O2S. The van der Waals surface area contributed by atoms with Crippen molar-refractivity contribution in [2.24, 2.45) is 0 Å². The van der Waals surface area contributed by atoms with Crippen LogP contribution in [0.1, 0.15) is 24.0 Å². The van der Waals surface area contributed by atoms with E-state index in [-0.39, 0.29) is 11.8 Å². The SMILES string of the molecule is N#Cc1ccccc1CS(=O)(=O)NC1CCCNC1. The third-order valence-electron chi connectivity index (χ3n) is 3.13. The van der Waals surface area contributed by atoms with Crippen molar-refractivity contribution < 1.29 is 8.42 Å². The summed E-state index contributed by atoms with van der Waals surface area (Å²) in [5, 5.41) is 12.1. The Morgan fingerprint density at radius 3 is 2.89 bits per heavy atom. The normalized spacial score (nSPS) is 19.8. The molecule has 102 valence electrons. The molecule has 1 atom stereocenters. The second kappa shape index (κ2) is 6.15. The van der Waals surface area contributed by atoms with Crippen LogP contribution in [0.15, 0.2) is 24.3 Å². The lowest BCUT2D eigenvalue weighted by Gasteiger charge is -2.23. The highest BCUT2D eigenvalue weighted by Gasteiger charge is 2.21. The van der Waals surface area contributed by atoms with E-state index in [1.165, 1.54) is 0 Å². The highest BCUT2D eigenvalue weighted by molar-refractivity contribution is 7.88. The number of rotatable bonds is 4. The van der Waals surface area contributed by atoms with Crippen molar-refractivity contribution >= 4 is 10.0 Å². The largest absolute Gasteiger partial charge is 0.315 e.